The van der Waals surface area contributed by atoms with E-state index in [0.29, 0.717) is 0 Å². The minimum absolute atomic E-state index is 0.932. The lowest BCUT2D eigenvalue weighted by molar-refractivity contribution is 1.08. The average molecular weight is 492 g/mol. The van der Waals surface area contributed by atoms with Crippen LogP contribution in [0, 0.1) is 23.7 Å². The fourth-order valence-electron chi connectivity index (χ4n) is 2.85. The van der Waals surface area contributed by atoms with E-state index in [4.69, 9.17) is 0 Å². The maximum absolute atomic E-state index is 3.46. The highest BCUT2D eigenvalue weighted by atomic mass is 79.9. The summed E-state index contributed by atoms with van der Waals surface area (Å²) in [5.41, 5.74) is 6.70. The van der Waals surface area contributed by atoms with Crippen molar-refractivity contribution in [2.75, 3.05) is 0 Å². The summed E-state index contributed by atoms with van der Waals surface area (Å²) in [6, 6.07) is 20.6. The molecule has 0 heterocycles. The summed E-state index contributed by atoms with van der Waals surface area (Å²) in [7, 11) is 0. The van der Waals surface area contributed by atoms with Gasteiger partial charge in [-0.05, 0) is 84.6 Å². The van der Waals surface area contributed by atoms with Crippen LogP contribution < -0.4 is 0 Å². The summed E-state index contributed by atoms with van der Waals surface area (Å²) < 4.78 is 2.13. The van der Waals surface area contributed by atoms with Gasteiger partial charge in [0.1, 0.15) is 0 Å². The van der Waals surface area contributed by atoms with Crippen LogP contribution in [0.5, 0.6) is 0 Å². The molecule has 0 aliphatic rings. The maximum Gasteiger partial charge on any atom is 0.0284 e. The van der Waals surface area contributed by atoms with E-state index < -0.39 is 0 Å². The van der Waals surface area contributed by atoms with E-state index in [1.165, 1.54) is 11.1 Å². The summed E-state index contributed by atoms with van der Waals surface area (Å²) in [5, 5.41) is 0. The van der Waals surface area contributed by atoms with E-state index in [2.05, 4.69) is 81.5 Å². The first-order chi connectivity index (χ1) is 13.6. The quantitative estimate of drug-likeness (QED) is 0.334. The van der Waals surface area contributed by atoms with Gasteiger partial charge < -0.3 is 0 Å². The maximum atomic E-state index is 3.46. The Morgan fingerprint density at radius 2 is 0.929 bits per heavy atom. The zero-order chi connectivity index (χ0) is 19.9. The van der Waals surface area contributed by atoms with Gasteiger partial charge in [-0.3, -0.25) is 0 Å². The summed E-state index contributed by atoms with van der Waals surface area (Å²) in [4.78, 5) is 0. The first-order valence-corrected chi connectivity index (χ1v) is 10.9. The molecule has 0 fully saturated rings. The second kappa shape index (κ2) is 9.79. The molecule has 0 radical (unpaired) electrons. The normalized spacial score (nSPS) is 9.86. The van der Waals surface area contributed by atoms with Crippen molar-refractivity contribution in [2.45, 2.75) is 26.7 Å². The van der Waals surface area contributed by atoms with Gasteiger partial charge in [0.2, 0.25) is 0 Å². The van der Waals surface area contributed by atoms with Gasteiger partial charge in [-0.1, -0.05) is 69.4 Å². The van der Waals surface area contributed by atoms with Gasteiger partial charge in [-0.25, -0.2) is 0 Å². The highest BCUT2D eigenvalue weighted by Gasteiger charge is 2.05. The number of rotatable bonds is 2. The molecule has 0 aliphatic carbocycles. The van der Waals surface area contributed by atoms with E-state index in [0.717, 1.165) is 44.0 Å². The molecule has 138 valence electrons. The standard InChI is InChI=1S/C26H20Br2/c1-3-21-17-24(12-6-20-9-15-26(28)16-10-20)22(4-2)18-23(21)11-5-19-7-13-25(27)14-8-19/h7-10,13-18H,3-4H2,1-2H3. The van der Waals surface area contributed by atoms with Crippen LogP contribution in [-0.4, -0.2) is 0 Å². The van der Waals surface area contributed by atoms with Crippen LogP contribution in [-0.2, 0) is 12.8 Å². The lowest BCUT2D eigenvalue weighted by atomic mass is 9.95. The molecule has 28 heavy (non-hydrogen) atoms. The van der Waals surface area contributed by atoms with E-state index in [1.807, 2.05) is 48.5 Å². The summed E-state index contributed by atoms with van der Waals surface area (Å²) >= 11 is 6.93. The molecule has 0 spiro atoms. The third kappa shape index (κ3) is 5.39. The van der Waals surface area contributed by atoms with Gasteiger partial charge in [-0.15, -0.1) is 0 Å². The van der Waals surface area contributed by atoms with Gasteiger partial charge >= 0.3 is 0 Å². The smallest absolute Gasteiger partial charge is 0.0284 e. The lowest BCUT2D eigenvalue weighted by Crippen LogP contribution is -1.96. The van der Waals surface area contributed by atoms with Crippen LogP contribution >= 0.6 is 31.9 Å². The molecule has 0 aromatic heterocycles. The van der Waals surface area contributed by atoms with Crippen molar-refractivity contribution in [3.05, 3.63) is 103 Å². The third-order valence-electron chi connectivity index (χ3n) is 4.46. The first-order valence-electron chi connectivity index (χ1n) is 9.30. The molecule has 0 atom stereocenters. The van der Waals surface area contributed by atoms with Crippen molar-refractivity contribution in [3.63, 3.8) is 0 Å². The highest BCUT2D eigenvalue weighted by Crippen LogP contribution is 2.19. The minimum Gasteiger partial charge on any atom is -0.0616 e. The molecule has 0 bridgehead atoms. The number of hydrogen-bond donors (Lipinski definition) is 0. The molecule has 3 aromatic carbocycles. The average Bonchev–Trinajstić information content (AvgIpc) is 2.72. The van der Waals surface area contributed by atoms with Crippen LogP contribution in [0.25, 0.3) is 0 Å². The molecule has 0 saturated carbocycles. The largest absolute Gasteiger partial charge is 0.0616 e. The van der Waals surface area contributed by atoms with E-state index >= 15 is 0 Å². The Hall–Kier alpha value is -2.26. The van der Waals surface area contributed by atoms with Gasteiger partial charge in [-0.2, -0.15) is 0 Å². The number of hydrogen-bond acceptors (Lipinski definition) is 0. The molecule has 3 rings (SSSR count). The Morgan fingerprint density at radius 3 is 1.25 bits per heavy atom. The third-order valence-corrected chi connectivity index (χ3v) is 5.52. The molecule has 0 N–H and O–H groups in total. The summed E-state index contributed by atoms with van der Waals surface area (Å²) in [6.07, 6.45) is 1.86. The van der Waals surface area contributed by atoms with Gasteiger partial charge in [0.25, 0.3) is 0 Å². The zero-order valence-corrected chi connectivity index (χ0v) is 19.1. The molecule has 0 saturated heterocycles. The molecule has 0 aliphatic heterocycles. The Morgan fingerprint density at radius 1 is 0.571 bits per heavy atom. The molecular weight excluding hydrogens is 472 g/mol. The summed E-state index contributed by atoms with van der Waals surface area (Å²) in [5.74, 6) is 13.3. The molecule has 3 aromatic rings. The monoisotopic (exact) mass is 490 g/mol. The molecule has 0 unspecified atom stereocenters. The van der Waals surface area contributed by atoms with Crippen molar-refractivity contribution in [1.82, 2.24) is 0 Å². The predicted octanol–water partition coefficient (Wildman–Crippen LogP) is 7.14. The Bertz CT molecular complexity index is 993. The van der Waals surface area contributed by atoms with E-state index in [-0.39, 0.29) is 0 Å². The second-order valence-corrected chi connectivity index (χ2v) is 8.22. The minimum atomic E-state index is 0.932. The van der Waals surface area contributed by atoms with E-state index in [1.54, 1.807) is 0 Å². The predicted molar refractivity (Wildman–Crippen MR) is 125 cm³/mol. The molecule has 0 nitrogen and oxygen atoms in total. The van der Waals surface area contributed by atoms with Crippen LogP contribution in [0.1, 0.15) is 47.2 Å². The first kappa shape index (κ1) is 20.5. The Kier molecular flexibility index (Phi) is 7.16. The Labute approximate surface area is 184 Å². The lowest BCUT2D eigenvalue weighted by Gasteiger charge is -2.08. The molecule has 0 amide bonds. The topological polar surface area (TPSA) is 0 Å². The van der Waals surface area contributed by atoms with Gasteiger partial charge in [0.05, 0.1) is 0 Å². The second-order valence-electron chi connectivity index (χ2n) is 6.39. The van der Waals surface area contributed by atoms with Crippen LogP contribution in [0.4, 0.5) is 0 Å². The van der Waals surface area contributed by atoms with Gasteiger partial charge in [0, 0.05) is 31.2 Å². The van der Waals surface area contributed by atoms with Crippen molar-refractivity contribution >= 4 is 31.9 Å². The fourth-order valence-corrected chi connectivity index (χ4v) is 3.38. The molecule has 2 heteroatoms. The van der Waals surface area contributed by atoms with Crippen molar-refractivity contribution in [1.29, 1.82) is 0 Å². The summed E-state index contributed by atoms with van der Waals surface area (Å²) in [6.45, 7) is 4.33. The molecular formula is C26H20Br2. The number of aryl methyl sites for hydroxylation is 2. The number of halogens is 2. The van der Waals surface area contributed by atoms with E-state index in [9.17, 15) is 0 Å². The SMILES string of the molecule is CCc1cc(C#Cc2ccc(Br)cc2)c(CC)cc1C#Cc1ccc(Br)cc1. The zero-order valence-electron chi connectivity index (χ0n) is 15.9. The fraction of sp³-hybridized carbons (Fsp3) is 0.154. The highest BCUT2D eigenvalue weighted by molar-refractivity contribution is 9.10. The van der Waals surface area contributed by atoms with Crippen LogP contribution in [0.3, 0.4) is 0 Å². The van der Waals surface area contributed by atoms with Crippen molar-refractivity contribution in [3.8, 4) is 23.7 Å². The van der Waals surface area contributed by atoms with Crippen LogP contribution in [0.15, 0.2) is 69.6 Å². The van der Waals surface area contributed by atoms with Crippen LogP contribution in [0.2, 0.25) is 0 Å². The Balaban J connectivity index is 1.96. The van der Waals surface area contributed by atoms with Gasteiger partial charge in [0.15, 0.2) is 0 Å². The van der Waals surface area contributed by atoms with Crippen molar-refractivity contribution < 1.29 is 0 Å². The number of benzene rings is 3. The van der Waals surface area contributed by atoms with Crippen molar-refractivity contribution in [2.24, 2.45) is 0 Å².